The van der Waals surface area contributed by atoms with Crippen molar-refractivity contribution in [3.63, 3.8) is 0 Å². The molecule has 33 heavy (non-hydrogen) atoms. The minimum atomic E-state index is 0. The van der Waals surface area contributed by atoms with Crippen molar-refractivity contribution in [2.45, 2.75) is 108 Å². The van der Waals surface area contributed by atoms with Crippen LogP contribution in [0.3, 0.4) is 0 Å². The number of hydrogen-bond acceptors (Lipinski definition) is 0. The Morgan fingerprint density at radius 3 is 1.82 bits per heavy atom. The number of hydrogen-bond donors (Lipinski definition) is 1. The molecule has 0 bridgehead atoms. The average Bonchev–Trinajstić information content (AvgIpc) is 3.39. The Morgan fingerprint density at radius 1 is 0.818 bits per heavy atom. The lowest BCUT2D eigenvalue weighted by Gasteiger charge is -2.26. The van der Waals surface area contributed by atoms with Crippen molar-refractivity contribution in [2.24, 2.45) is 11.3 Å². The highest BCUT2D eigenvalue weighted by molar-refractivity contribution is 5.84. The van der Waals surface area contributed by atoms with Crippen LogP contribution in [0.5, 0.6) is 0 Å². The van der Waals surface area contributed by atoms with Gasteiger partial charge < -0.3 is 4.98 Å². The molecule has 1 aromatic heterocycles. The predicted molar refractivity (Wildman–Crippen MR) is 152 cm³/mol. The van der Waals surface area contributed by atoms with E-state index in [2.05, 4.69) is 115 Å². The first-order valence-corrected chi connectivity index (χ1v) is 12.1. The van der Waals surface area contributed by atoms with Gasteiger partial charge >= 0.3 is 0 Å². The van der Waals surface area contributed by atoms with Gasteiger partial charge in [-0.05, 0) is 60.1 Å². The Balaban J connectivity index is 0.000000464. The normalized spacial score (nSPS) is 13.7. The van der Waals surface area contributed by atoms with Gasteiger partial charge in [-0.25, -0.2) is 0 Å². The fourth-order valence-electron chi connectivity index (χ4n) is 4.31. The molecule has 1 fully saturated rings. The summed E-state index contributed by atoms with van der Waals surface area (Å²) in [5.74, 6) is 1.01. The van der Waals surface area contributed by atoms with E-state index >= 15 is 0 Å². The van der Waals surface area contributed by atoms with Gasteiger partial charge in [-0.15, -0.1) is 0 Å². The first-order valence-electron chi connectivity index (χ1n) is 12.1. The molecule has 0 radical (unpaired) electrons. The van der Waals surface area contributed by atoms with Crippen molar-refractivity contribution in [2.75, 3.05) is 0 Å². The van der Waals surface area contributed by atoms with Gasteiger partial charge in [0, 0.05) is 17.1 Å². The van der Waals surface area contributed by atoms with Gasteiger partial charge in [-0.1, -0.05) is 124 Å². The molecule has 2 aromatic carbocycles. The second kappa shape index (κ2) is 13.6. The number of aryl methyl sites for hydroxylation is 2. The van der Waals surface area contributed by atoms with Crippen molar-refractivity contribution in [1.29, 1.82) is 0 Å². The Labute approximate surface area is 206 Å². The van der Waals surface area contributed by atoms with Gasteiger partial charge in [0.2, 0.25) is 0 Å². The van der Waals surface area contributed by atoms with E-state index in [0.717, 1.165) is 12.3 Å². The van der Waals surface area contributed by atoms with Crippen molar-refractivity contribution in [3.8, 4) is 0 Å². The molecule has 0 spiro atoms. The molecule has 1 aliphatic rings. The van der Waals surface area contributed by atoms with Crippen molar-refractivity contribution in [3.05, 3.63) is 71.4 Å². The molecule has 0 atom stereocenters. The van der Waals surface area contributed by atoms with E-state index in [9.17, 15) is 0 Å². The maximum Gasteiger partial charge on any atom is 0.0456 e. The standard InChI is InChI=1S/C12H15N.C9H18.C9H12.2CH4/c1-12(2,3)10-8-13-11-7-5-4-6-9(10)11;1-9(2,3)8-6-4-5-7-8;1-3-9-6-4-8(2)5-7-9;;/h4-8,13H,1-3H3;8H,4-7H2,1-3H3;4-7H,3H2,1-2H3;2*1H4. The SMILES string of the molecule is C.C.CC(C)(C)C1CCCC1.CC(C)(C)c1c[nH]c2ccccc12.CCc1ccc(C)cc1. The lowest BCUT2D eigenvalue weighted by Crippen LogP contribution is -2.16. The summed E-state index contributed by atoms with van der Waals surface area (Å²) in [7, 11) is 0. The quantitative estimate of drug-likeness (QED) is 0.378. The van der Waals surface area contributed by atoms with Crippen LogP contribution in [-0.2, 0) is 11.8 Å². The highest BCUT2D eigenvalue weighted by Gasteiger charge is 2.26. The van der Waals surface area contributed by atoms with E-state index in [1.165, 1.54) is 53.3 Å². The van der Waals surface area contributed by atoms with E-state index in [-0.39, 0.29) is 20.3 Å². The van der Waals surface area contributed by atoms with E-state index < -0.39 is 0 Å². The minimum Gasteiger partial charge on any atom is -0.361 e. The number of para-hydroxylation sites is 1. The number of aromatic nitrogens is 1. The van der Waals surface area contributed by atoms with Crippen LogP contribution in [-0.4, -0.2) is 4.98 Å². The molecular formula is C32H53N. The van der Waals surface area contributed by atoms with Crippen LogP contribution in [0.15, 0.2) is 54.7 Å². The molecule has 1 N–H and O–H groups in total. The zero-order valence-electron chi connectivity index (χ0n) is 21.3. The molecule has 0 unspecified atom stereocenters. The van der Waals surface area contributed by atoms with Crippen molar-refractivity contribution >= 4 is 10.9 Å². The van der Waals surface area contributed by atoms with Crippen LogP contribution in [0.25, 0.3) is 10.9 Å². The first-order chi connectivity index (χ1) is 14.5. The molecule has 1 nitrogen and oxygen atoms in total. The average molecular weight is 452 g/mol. The Hall–Kier alpha value is -2.02. The topological polar surface area (TPSA) is 15.8 Å². The Bertz CT molecular complexity index is 894. The molecule has 1 saturated carbocycles. The largest absolute Gasteiger partial charge is 0.361 e. The van der Waals surface area contributed by atoms with Gasteiger partial charge in [0.15, 0.2) is 0 Å². The van der Waals surface area contributed by atoms with Crippen LogP contribution < -0.4 is 0 Å². The van der Waals surface area contributed by atoms with Crippen LogP contribution in [0.4, 0.5) is 0 Å². The van der Waals surface area contributed by atoms with Crippen LogP contribution >= 0.6 is 0 Å². The number of rotatable bonds is 1. The molecule has 0 saturated heterocycles. The van der Waals surface area contributed by atoms with Gasteiger partial charge in [0.05, 0.1) is 0 Å². The summed E-state index contributed by atoms with van der Waals surface area (Å²) in [6, 6.07) is 17.1. The smallest absolute Gasteiger partial charge is 0.0456 e. The highest BCUT2D eigenvalue weighted by Crippen LogP contribution is 2.38. The Kier molecular flexibility index (Phi) is 12.8. The van der Waals surface area contributed by atoms with E-state index in [0.29, 0.717) is 5.41 Å². The third kappa shape index (κ3) is 9.78. The number of fused-ring (bicyclic) bond motifs is 1. The van der Waals surface area contributed by atoms with Crippen LogP contribution in [0.2, 0.25) is 0 Å². The number of nitrogens with one attached hydrogen (secondary N) is 1. The predicted octanol–water partition coefficient (Wildman–Crippen LogP) is 10.5. The molecule has 0 amide bonds. The van der Waals surface area contributed by atoms with E-state index in [1.54, 1.807) is 0 Å². The van der Waals surface area contributed by atoms with E-state index in [1.807, 2.05) is 0 Å². The second-order valence-corrected chi connectivity index (χ2v) is 11.2. The lowest BCUT2D eigenvalue weighted by atomic mass is 9.80. The molecule has 4 rings (SSSR count). The molecule has 186 valence electrons. The monoisotopic (exact) mass is 451 g/mol. The Morgan fingerprint density at radius 2 is 1.36 bits per heavy atom. The highest BCUT2D eigenvalue weighted by atomic mass is 14.7. The summed E-state index contributed by atoms with van der Waals surface area (Å²) in [4.78, 5) is 3.29. The number of aromatic amines is 1. The molecule has 1 heterocycles. The van der Waals surface area contributed by atoms with Crippen LogP contribution in [0, 0.1) is 18.3 Å². The molecule has 0 aliphatic heterocycles. The van der Waals surface area contributed by atoms with Crippen molar-refractivity contribution < 1.29 is 0 Å². The van der Waals surface area contributed by atoms with Gasteiger partial charge in [-0.3, -0.25) is 0 Å². The third-order valence-corrected chi connectivity index (χ3v) is 6.51. The minimum absolute atomic E-state index is 0. The fourth-order valence-corrected chi connectivity index (χ4v) is 4.31. The fraction of sp³-hybridized carbons (Fsp3) is 0.562. The lowest BCUT2D eigenvalue weighted by molar-refractivity contribution is 0.246. The zero-order chi connectivity index (χ0) is 23.1. The summed E-state index contributed by atoms with van der Waals surface area (Å²) < 4.78 is 0. The molecule has 1 heteroatoms. The third-order valence-electron chi connectivity index (χ3n) is 6.51. The van der Waals surface area contributed by atoms with E-state index in [4.69, 9.17) is 0 Å². The summed E-state index contributed by atoms with van der Waals surface area (Å²) in [5, 5.41) is 1.34. The summed E-state index contributed by atoms with van der Waals surface area (Å²) in [5.41, 5.74) is 6.18. The van der Waals surface area contributed by atoms with Gasteiger partial charge in [-0.2, -0.15) is 0 Å². The first kappa shape index (κ1) is 31.0. The molecular weight excluding hydrogens is 398 g/mol. The number of benzene rings is 2. The maximum atomic E-state index is 3.29. The number of H-pyrrole nitrogens is 1. The van der Waals surface area contributed by atoms with Gasteiger partial charge in [0.1, 0.15) is 0 Å². The summed E-state index contributed by atoms with van der Waals surface area (Å²) in [6.45, 7) is 18.1. The van der Waals surface area contributed by atoms with Crippen molar-refractivity contribution in [1.82, 2.24) is 4.98 Å². The summed E-state index contributed by atoms with van der Waals surface area (Å²) in [6.07, 6.45) is 9.15. The second-order valence-electron chi connectivity index (χ2n) is 11.2. The molecule has 1 aliphatic carbocycles. The summed E-state index contributed by atoms with van der Waals surface area (Å²) >= 11 is 0. The van der Waals surface area contributed by atoms with Crippen LogP contribution in [0.1, 0.15) is 106 Å². The van der Waals surface area contributed by atoms with Gasteiger partial charge in [0.25, 0.3) is 0 Å². The molecule has 3 aromatic rings. The maximum absolute atomic E-state index is 3.29. The zero-order valence-corrected chi connectivity index (χ0v) is 21.3.